The molecule has 0 bridgehead atoms. The summed E-state index contributed by atoms with van der Waals surface area (Å²) in [5.41, 5.74) is 1.88. The second-order valence-electron chi connectivity index (χ2n) is 3.94. The normalized spacial score (nSPS) is 10.8. The summed E-state index contributed by atoms with van der Waals surface area (Å²) in [5, 5.41) is 9.37. The number of aliphatic carboxylic acids is 1. The van der Waals surface area contributed by atoms with E-state index < -0.39 is 5.97 Å². The second-order valence-corrected chi connectivity index (χ2v) is 4.35. The van der Waals surface area contributed by atoms with Crippen molar-refractivity contribution >= 4 is 17.6 Å². The van der Waals surface area contributed by atoms with Gasteiger partial charge in [-0.2, -0.15) is 0 Å². The zero-order valence-electron chi connectivity index (χ0n) is 9.66. The Kier molecular flexibility index (Phi) is 4.81. The first-order chi connectivity index (χ1) is 7.58. The van der Waals surface area contributed by atoms with Crippen molar-refractivity contribution in [3.8, 4) is 0 Å². The van der Waals surface area contributed by atoms with E-state index in [1.165, 1.54) is 0 Å². The van der Waals surface area contributed by atoms with Crippen LogP contribution in [0.1, 0.15) is 43.7 Å². The molecule has 1 N–H and O–H groups in total. The molecule has 0 atom stereocenters. The van der Waals surface area contributed by atoms with Crippen LogP contribution in [0.25, 0.3) is 0 Å². The van der Waals surface area contributed by atoms with Crippen LogP contribution in [0.15, 0.2) is 18.2 Å². The predicted molar refractivity (Wildman–Crippen MR) is 66.1 cm³/mol. The van der Waals surface area contributed by atoms with E-state index in [0.717, 1.165) is 24.0 Å². The molecule has 2 nitrogen and oxygen atoms in total. The van der Waals surface area contributed by atoms with Crippen LogP contribution in [0.3, 0.4) is 0 Å². The van der Waals surface area contributed by atoms with E-state index in [2.05, 4.69) is 13.8 Å². The number of hydrogen-bond donors (Lipinski definition) is 1. The number of rotatable bonds is 5. The Bertz CT molecular complexity index is 370. The van der Waals surface area contributed by atoms with Crippen molar-refractivity contribution in [3.63, 3.8) is 0 Å². The van der Waals surface area contributed by atoms with E-state index >= 15 is 0 Å². The Hall–Kier alpha value is -1.02. The monoisotopic (exact) mass is 240 g/mol. The summed E-state index contributed by atoms with van der Waals surface area (Å²) >= 11 is 6.17. The lowest BCUT2D eigenvalue weighted by atomic mass is 9.93. The molecule has 0 saturated heterocycles. The van der Waals surface area contributed by atoms with Gasteiger partial charge in [0, 0.05) is 5.02 Å². The highest BCUT2D eigenvalue weighted by Gasteiger charge is 2.12. The van der Waals surface area contributed by atoms with Crippen LogP contribution in [-0.2, 0) is 11.2 Å². The minimum absolute atomic E-state index is 0.0307. The maximum absolute atomic E-state index is 10.6. The lowest BCUT2D eigenvalue weighted by Gasteiger charge is -2.15. The van der Waals surface area contributed by atoms with E-state index in [0.29, 0.717) is 10.9 Å². The van der Waals surface area contributed by atoms with Crippen LogP contribution in [0.2, 0.25) is 5.02 Å². The van der Waals surface area contributed by atoms with Crippen molar-refractivity contribution in [2.24, 2.45) is 0 Å². The van der Waals surface area contributed by atoms with E-state index in [1.54, 1.807) is 6.07 Å². The van der Waals surface area contributed by atoms with Crippen LogP contribution < -0.4 is 0 Å². The molecule has 1 aromatic carbocycles. The molecule has 0 aliphatic heterocycles. The third-order valence-electron chi connectivity index (χ3n) is 2.85. The van der Waals surface area contributed by atoms with Crippen LogP contribution in [-0.4, -0.2) is 11.1 Å². The fraction of sp³-hybridized carbons (Fsp3) is 0.462. The smallest absolute Gasteiger partial charge is 0.307 e. The molecule has 0 saturated carbocycles. The van der Waals surface area contributed by atoms with Gasteiger partial charge in [-0.05, 0) is 36.0 Å². The lowest BCUT2D eigenvalue weighted by Crippen LogP contribution is -2.02. The van der Waals surface area contributed by atoms with Crippen LogP contribution in [0.5, 0.6) is 0 Å². The standard InChI is InChI=1S/C13H17ClO2/c1-3-10(4-2)11-6-5-9(7-12(11)14)8-13(15)16/h5-7,10H,3-4,8H2,1-2H3,(H,15,16). The molecule has 0 amide bonds. The maximum Gasteiger partial charge on any atom is 0.307 e. The molecule has 16 heavy (non-hydrogen) atoms. The van der Waals surface area contributed by atoms with Gasteiger partial charge in [0.05, 0.1) is 6.42 Å². The highest BCUT2D eigenvalue weighted by molar-refractivity contribution is 6.31. The largest absolute Gasteiger partial charge is 0.481 e. The van der Waals surface area contributed by atoms with E-state index in [-0.39, 0.29) is 6.42 Å². The van der Waals surface area contributed by atoms with Crippen LogP contribution in [0, 0.1) is 0 Å². The zero-order chi connectivity index (χ0) is 12.1. The molecule has 1 aromatic rings. The lowest BCUT2D eigenvalue weighted by molar-refractivity contribution is -0.136. The molecule has 0 radical (unpaired) electrons. The first kappa shape index (κ1) is 13.0. The predicted octanol–water partition coefficient (Wildman–Crippen LogP) is 3.87. The molecule has 3 heteroatoms. The summed E-state index contributed by atoms with van der Waals surface area (Å²) in [7, 11) is 0. The first-order valence-electron chi connectivity index (χ1n) is 5.58. The Labute approximate surface area is 101 Å². The van der Waals surface area contributed by atoms with Crippen molar-refractivity contribution in [2.45, 2.75) is 39.0 Å². The number of halogens is 1. The summed E-state index contributed by atoms with van der Waals surface area (Å²) in [6.07, 6.45) is 2.13. The summed E-state index contributed by atoms with van der Waals surface area (Å²) in [6.45, 7) is 4.27. The summed E-state index contributed by atoms with van der Waals surface area (Å²) < 4.78 is 0. The van der Waals surface area contributed by atoms with Gasteiger partial charge in [-0.3, -0.25) is 4.79 Å². The molecular weight excluding hydrogens is 224 g/mol. The van der Waals surface area contributed by atoms with Gasteiger partial charge in [0.25, 0.3) is 0 Å². The van der Waals surface area contributed by atoms with Crippen molar-refractivity contribution in [2.75, 3.05) is 0 Å². The van der Waals surface area contributed by atoms with E-state index in [4.69, 9.17) is 16.7 Å². The Morgan fingerprint density at radius 2 is 2.00 bits per heavy atom. The number of carboxylic acids is 1. The highest BCUT2D eigenvalue weighted by Crippen LogP contribution is 2.30. The summed E-state index contributed by atoms with van der Waals surface area (Å²) in [4.78, 5) is 10.6. The third-order valence-corrected chi connectivity index (χ3v) is 3.17. The third kappa shape index (κ3) is 3.24. The topological polar surface area (TPSA) is 37.3 Å². The van der Waals surface area contributed by atoms with Gasteiger partial charge in [0.2, 0.25) is 0 Å². The van der Waals surface area contributed by atoms with Gasteiger partial charge < -0.3 is 5.11 Å². The van der Waals surface area contributed by atoms with E-state index in [9.17, 15) is 4.79 Å². The van der Waals surface area contributed by atoms with Crippen LogP contribution >= 0.6 is 11.6 Å². The van der Waals surface area contributed by atoms with Crippen molar-refractivity contribution < 1.29 is 9.90 Å². The Morgan fingerprint density at radius 1 is 1.38 bits per heavy atom. The van der Waals surface area contributed by atoms with Crippen molar-refractivity contribution in [3.05, 3.63) is 34.3 Å². The van der Waals surface area contributed by atoms with Crippen molar-refractivity contribution in [1.29, 1.82) is 0 Å². The molecule has 0 spiro atoms. The minimum atomic E-state index is -0.827. The Balaban J connectivity index is 2.94. The SMILES string of the molecule is CCC(CC)c1ccc(CC(=O)O)cc1Cl. The molecule has 1 rings (SSSR count). The Morgan fingerprint density at radius 3 is 2.44 bits per heavy atom. The van der Waals surface area contributed by atoms with Gasteiger partial charge in [0.15, 0.2) is 0 Å². The average molecular weight is 241 g/mol. The molecule has 88 valence electrons. The van der Waals surface area contributed by atoms with Gasteiger partial charge in [-0.1, -0.05) is 37.6 Å². The second kappa shape index (κ2) is 5.90. The van der Waals surface area contributed by atoms with E-state index in [1.807, 2.05) is 12.1 Å². The molecular formula is C13H17ClO2. The maximum atomic E-state index is 10.6. The molecule has 0 heterocycles. The first-order valence-corrected chi connectivity index (χ1v) is 5.96. The van der Waals surface area contributed by atoms with Gasteiger partial charge in [-0.25, -0.2) is 0 Å². The highest BCUT2D eigenvalue weighted by atomic mass is 35.5. The summed E-state index contributed by atoms with van der Waals surface area (Å²) in [5.74, 6) is -0.363. The quantitative estimate of drug-likeness (QED) is 0.848. The van der Waals surface area contributed by atoms with Crippen LogP contribution in [0.4, 0.5) is 0 Å². The number of benzene rings is 1. The molecule has 0 aliphatic rings. The molecule has 0 aliphatic carbocycles. The minimum Gasteiger partial charge on any atom is -0.481 e. The number of carbonyl (C=O) groups is 1. The van der Waals surface area contributed by atoms with Gasteiger partial charge in [-0.15, -0.1) is 0 Å². The average Bonchev–Trinajstić information content (AvgIpc) is 2.21. The molecule has 0 fully saturated rings. The fourth-order valence-electron chi connectivity index (χ4n) is 1.91. The molecule has 0 aromatic heterocycles. The van der Waals surface area contributed by atoms with Crippen molar-refractivity contribution in [1.82, 2.24) is 0 Å². The summed E-state index contributed by atoms with van der Waals surface area (Å²) in [6, 6.07) is 5.58. The number of carboxylic acid groups (broad SMARTS) is 1. The van der Waals surface area contributed by atoms with Gasteiger partial charge >= 0.3 is 5.97 Å². The molecule has 0 unspecified atom stereocenters. The van der Waals surface area contributed by atoms with Gasteiger partial charge in [0.1, 0.15) is 0 Å². The zero-order valence-corrected chi connectivity index (χ0v) is 10.4. The fourth-order valence-corrected chi connectivity index (χ4v) is 2.27. The number of hydrogen-bond acceptors (Lipinski definition) is 1.